The molecule has 2 aromatic carbocycles. The summed E-state index contributed by atoms with van der Waals surface area (Å²) in [4.78, 5) is 0. The lowest BCUT2D eigenvalue weighted by Gasteiger charge is -2.10. The maximum Gasteiger partial charge on any atom is 0.119 e. The average Bonchev–Trinajstić information content (AvgIpc) is 2.64. The molecule has 0 aliphatic carbocycles. The fourth-order valence-corrected chi connectivity index (χ4v) is 2.94. The van der Waals surface area contributed by atoms with E-state index in [1.54, 1.807) is 0 Å². The molecule has 0 spiro atoms. The number of ether oxygens (including phenoxy) is 2. The van der Waals surface area contributed by atoms with Gasteiger partial charge in [0.05, 0.1) is 13.2 Å². The number of alkyl halides is 1. The lowest BCUT2D eigenvalue weighted by molar-refractivity contribution is 0.305. The molecule has 0 N–H and O–H groups in total. The Hall–Kier alpha value is -1.41. The van der Waals surface area contributed by atoms with Crippen LogP contribution in [0.5, 0.6) is 11.5 Å². The lowest BCUT2D eigenvalue weighted by Crippen LogP contribution is -2.00. The maximum absolute atomic E-state index is 6.14. The highest BCUT2D eigenvalue weighted by molar-refractivity contribution is 6.20. The normalized spacial score (nSPS) is 12.3. The van der Waals surface area contributed by atoms with E-state index in [0.29, 0.717) is 5.38 Å². The van der Waals surface area contributed by atoms with E-state index < -0.39 is 0 Å². The van der Waals surface area contributed by atoms with E-state index >= 15 is 0 Å². The minimum atomic E-state index is 0.305. The van der Waals surface area contributed by atoms with Crippen molar-refractivity contribution < 1.29 is 9.47 Å². The van der Waals surface area contributed by atoms with E-state index in [1.165, 1.54) is 23.6 Å². The SMILES string of the molecule is CCCCCOc1ccc2cc(OCCCCC(Cl)CC)ccc2c1. The molecule has 25 heavy (non-hydrogen) atoms. The van der Waals surface area contributed by atoms with Crippen molar-refractivity contribution in [3.8, 4) is 11.5 Å². The Morgan fingerprint density at radius 3 is 1.88 bits per heavy atom. The Balaban J connectivity index is 1.81. The van der Waals surface area contributed by atoms with Gasteiger partial charge in [0.15, 0.2) is 0 Å². The van der Waals surface area contributed by atoms with Gasteiger partial charge in [0, 0.05) is 5.38 Å². The molecule has 0 bridgehead atoms. The number of unbranched alkanes of at least 4 members (excludes halogenated alkanes) is 3. The first-order valence-corrected chi connectivity index (χ1v) is 10.1. The van der Waals surface area contributed by atoms with Crippen molar-refractivity contribution >= 4 is 22.4 Å². The molecule has 1 atom stereocenters. The molecule has 0 aliphatic rings. The fourth-order valence-electron chi connectivity index (χ4n) is 2.79. The first-order chi connectivity index (χ1) is 12.2. The first-order valence-electron chi connectivity index (χ1n) is 9.66. The predicted octanol–water partition coefficient (Wildman–Crippen LogP) is 6.98. The molecular weight excluding hydrogens is 332 g/mol. The van der Waals surface area contributed by atoms with E-state index in [1.807, 2.05) is 12.1 Å². The second-order valence-corrected chi connectivity index (χ2v) is 7.19. The summed E-state index contributed by atoms with van der Waals surface area (Å²) in [5.74, 6) is 1.88. The van der Waals surface area contributed by atoms with Crippen LogP contribution in [0.15, 0.2) is 36.4 Å². The minimum Gasteiger partial charge on any atom is -0.494 e. The van der Waals surface area contributed by atoms with Gasteiger partial charge >= 0.3 is 0 Å². The van der Waals surface area contributed by atoms with Crippen LogP contribution in [0, 0.1) is 0 Å². The molecule has 2 rings (SSSR count). The standard InChI is InChI=1S/C22H31ClO2/c1-3-5-7-14-24-21-12-10-19-17-22(13-11-18(19)16-21)25-15-8-6-9-20(23)4-2/h10-13,16-17,20H,3-9,14-15H2,1-2H3. The van der Waals surface area contributed by atoms with Crippen LogP contribution < -0.4 is 9.47 Å². The van der Waals surface area contributed by atoms with Crippen LogP contribution in [-0.4, -0.2) is 18.6 Å². The summed E-state index contributed by atoms with van der Waals surface area (Å²) in [6.45, 7) is 5.87. The summed E-state index contributed by atoms with van der Waals surface area (Å²) >= 11 is 6.14. The van der Waals surface area contributed by atoms with Gasteiger partial charge in [0.25, 0.3) is 0 Å². The number of hydrogen-bond acceptors (Lipinski definition) is 2. The van der Waals surface area contributed by atoms with Crippen molar-refractivity contribution in [1.29, 1.82) is 0 Å². The Bertz CT molecular complexity index is 626. The van der Waals surface area contributed by atoms with Crippen molar-refractivity contribution in [2.24, 2.45) is 0 Å². The number of benzene rings is 2. The van der Waals surface area contributed by atoms with Crippen LogP contribution in [0.1, 0.15) is 58.8 Å². The molecule has 138 valence electrons. The Morgan fingerprint density at radius 1 is 0.800 bits per heavy atom. The van der Waals surface area contributed by atoms with Crippen molar-refractivity contribution in [3.63, 3.8) is 0 Å². The Labute approximate surface area is 157 Å². The maximum atomic E-state index is 6.14. The zero-order valence-corrected chi connectivity index (χ0v) is 16.4. The van der Waals surface area contributed by atoms with Crippen LogP contribution in [0.3, 0.4) is 0 Å². The highest BCUT2D eigenvalue weighted by Crippen LogP contribution is 2.25. The van der Waals surface area contributed by atoms with Crippen LogP contribution in [0.2, 0.25) is 0 Å². The number of rotatable bonds is 12. The van der Waals surface area contributed by atoms with E-state index in [4.69, 9.17) is 21.1 Å². The zero-order chi connectivity index (χ0) is 17.9. The third-order valence-electron chi connectivity index (χ3n) is 4.42. The molecule has 0 amide bonds. The molecule has 0 radical (unpaired) electrons. The van der Waals surface area contributed by atoms with E-state index in [0.717, 1.165) is 56.8 Å². The summed E-state index contributed by atoms with van der Waals surface area (Å²) in [5, 5.41) is 2.68. The second kappa shape index (κ2) is 11.3. The fraction of sp³-hybridized carbons (Fsp3) is 0.545. The lowest BCUT2D eigenvalue weighted by atomic mass is 10.1. The molecule has 0 aliphatic heterocycles. The molecule has 2 nitrogen and oxygen atoms in total. The van der Waals surface area contributed by atoms with Crippen LogP contribution in [-0.2, 0) is 0 Å². The predicted molar refractivity (Wildman–Crippen MR) is 108 cm³/mol. The van der Waals surface area contributed by atoms with Gasteiger partial charge in [-0.25, -0.2) is 0 Å². The molecule has 0 saturated carbocycles. The van der Waals surface area contributed by atoms with Gasteiger partial charge in [0.2, 0.25) is 0 Å². The van der Waals surface area contributed by atoms with Gasteiger partial charge < -0.3 is 9.47 Å². The molecule has 0 heterocycles. The van der Waals surface area contributed by atoms with Gasteiger partial charge in [-0.3, -0.25) is 0 Å². The van der Waals surface area contributed by atoms with E-state index in [9.17, 15) is 0 Å². The summed E-state index contributed by atoms with van der Waals surface area (Å²) in [5.41, 5.74) is 0. The third-order valence-corrected chi connectivity index (χ3v) is 4.95. The first kappa shape index (κ1) is 19.9. The third kappa shape index (κ3) is 7.15. The largest absolute Gasteiger partial charge is 0.494 e. The summed E-state index contributed by atoms with van der Waals surface area (Å²) in [7, 11) is 0. The molecule has 3 heteroatoms. The van der Waals surface area contributed by atoms with Gasteiger partial charge in [0.1, 0.15) is 11.5 Å². The number of halogens is 1. The van der Waals surface area contributed by atoms with Crippen molar-refractivity contribution in [2.45, 2.75) is 64.2 Å². The van der Waals surface area contributed by atoms with Crippen LogP contribution in [0.4, 0.5) is 0 Å². The highest BCUT2D eigenvalue weighted by Gasteiger charge is 2.03. The van der Waals surface area contributed by atoms with Crippen molar-refractivity contribution in [2.75, 3.05) is 13.2 Å². The molecule has 0 aromatic heterocycles. The summed E-state index contributed by atoms with van der Waals surface area (Å²) < 4.78 is 11.7. The molecular formula is C22H31ClO2. The zero-order valence-electron chi connectivity index (χ0n) is 15.6. The Morgan fingerprint density at radius 2 is 1.36 bits per heavy atom. The number of hydrogen-bond donors (Lipinski definition) is 0. The molecule has 0 saturated heterocycles. The smallest absolute Gasteiger partial charge is 0.119 e. The van der Waals surface area contributed by atoms with Crippen molar-refractivity contribution in [3.05, 3.63) is 36.4 Å². The van der Waals surface area contributed by atoms with E-state index in [2.05, 4.69) is 38.1 Å². The van der Waals surface area contributed by atoms with Gasteiger partial charge in [-0.1, -0.05) is 38.8 Å². The van der Waals surface area contributed by atoms with Gasteiger partial charge in [-0.15, -0.1) is 11.6 Å². The second-order valence-electron chi connectivity index (χ2n) is 6.58. The minimum absolute atomic E-state index is 0.305. The van der Waals surface area contributed by atoms with Gasteiger partial charge in [-0.05, 0) is 67.1 Å². The average molecular weight is 363 g/mol. The number of fused-ring (bicyclic) bond motifs is 1. The van der Waals surface area contributed by atoms with E-state index in [-0.39, 0.29) is 0 Å². The quantitative estimate of drug-likeness (QED) is 0.299. The highest BCUT2D eigenvalue weighted by atomic mass is 35.5. The van der Waals surface area contributed by atoms with Crippen LogP contribution in [0.25, 0.3) is 10.8 Å². The topological polar surface area (TPSA) is 18.5 Å². The van der Waals surface area contributed by atoms with Gasteiger partial charge in [-0.2, -0.15) is 0 Å². The van der Waals surface area contributed by atoms with Crippen molar-refractivity contribution in [1.82, 2.24) is 0 Å². The Kier molecular flexibility index (Phi) is 8.96. The summed E-state index contributed by atoms with van der Waals surface area (Å²) in [6, 6.07) is 12.5. The van der Waals surface area contributed by atoms with Crippen LogP contribution >= 0.6 is 11.6 Å². The summed E-state index contributed by atoms with van der Waals surface area (Å²) in [6.07, 6.45) is 7.83. The monoisotopic (exact) mass is 362 g/mol. The molecule has 2 aromatic rings. The molecule has 1 unspecified atom stereocenters. The molecule has 0 fully saturated rings.